The Hall–Kier alpha value is -2.06. The lowest BCUT2D eigenvalue weighted by Gasteiger charge is -2.36. The Bertz CT molecular complexity index is 1150. The van der Waals surface area contributed by atoms with Crippen molar-refractivity contribution in [1.29, 1.82) is 0 Å². The van der Waals surface area contributed by atoms with Gasteiger partial charge in [0.05, 0.1) is 31.0 Å². The lowest BCUT2D eigenvalue weighted by atomic mass is 10.1. The number of fused-ring (bicyclic) bond motifs is 2. The molecule has 0 aromatic heterocycles. The highest BCUT2D eigenvalue weighted by molar-refractivity contribution is 7.99. The van der Waals surface area contributed by atoms with E-state index in [0.29, 0.717) is 19.6 Å². The van der Waals surface area contributed by atoms with E-state index in [1.165, 1.54) is 30.0 Å². The summed E-state index contributed by atoms with van der Waals surface area (Å²) in [5, 5.41) is 18.9. The third kappa shape index (κ3) is 4.33. The predicted molar refractivity (Wildman–Crippen MR) is 111 cm³/mol. The van der Waals surface area contributed by atoms with E-state index in [-0.39, 0.29) is 42.7 Å². The average Bonchev–Trinajstić information content (AvgIpc) is 2.94. The van der Waals surface area contributed by atoms with Crippen LogP contribution in [0.15, 0.2) is 57.2 Å². The molecule has 0 radical (unpaired) electrons. The minimum Gasteiger partial charge on any atom is -0.508 e. The number of hydrogen-bond acceptors (Lipinski definition) is 7. The molecule has 28 heavy (non-hydrogen) atoms. The average molecular weight is 408 g/mol. The maximum Gasteiger partial charge on any atom is 0.137 e. The van der Waals surface area contributed by atoms with Crippen molar-refractivity contribution in [3.05, 3.63) is 48.0 Å². The van der Waals surface area contributed by atoms with Crippen molar-refractivity contribution in [2.75, 3.05) is 52.4 Å². The lowest BCUT2D eigenvalue weighted by molar-refractivity contribution is 0.0652. The highest BCUT2D eigenvalue weighted by Crippen LogP contribution is 2.42. The Labute approximate surface area is 180 Å². The molecule has 0 aliphatic carbocycles. The number of phenols is 1. The molecule has 148 valence electrons. The minimum atomic E-state index is -3.10. The summed E-state index contributed by atoms with van der Waals surface area (Å²) in [6.45, 7) is -13.3. The number of aliphatic hydroxyl groups is 1. The van der Waals surface area contributed by atoms with Gasteiger partial charge in [-0.25, -0.2) is 4.99 Å². The molecule has 2 aromatic rings. The van der Waals surface area contributed by atoms with Gasteiger partial charge in [0.25, 0.3) is 0 Å². The van der Waals surface area contributed by atoms with Crippen LogP contribution in [0.4, 0.5) is 5.69 Å². The summed E-state index contributed by atoms with van der Waals surface area (Å²) in [6.07, 6.45) is 0. The van der Waals surface area contributed by atoms with Gasteiger partial charge in [-0.05, 0) is 24.3 Å². The number of ether oxygens (including phenoxy) is 1. The Morgan fingerprint density at radius 3 is 2.71 bits per heavy atom. The molecule has 1 fully saturated rings. The largest absolute Gasteiger partial charge is 0.508 e. The molecule has 2 heterocycles. The zero-order valence-corrected chi connectivity index (χ0v) is 15.7. The Morgan fingerprint density at radius 2 is 1.89 bits per heavy atom. The van der Waals surface area contributed by atoms with Gasteiger partial charge >= 0.3 is 0 Å². The molecular formula is C21H25N3O3S. The van der Waals surface area contributed by atoms with Gasteiger partial charge in [-0.2, -0.15) is 0 Å². The van der Waals surface area contributed by atoms with Crippen LogP contribution in [-0.2, 0) is 4.74 Å². The van der Waals surface area contributed by atoms with Crippen LogP contribution in [-0.4, -0.2) is 78.2 Å². The van der Waals surface area contributed by atoms with E-state index in [9.17, 15) is 5.11 Å². The van der Waals surface area contributed by atoms with Crippen molar-refractivity contribution < 1.29 is 25.9 Å². The van der Waals surface area contributed by atoms with E-state index < -0.39 is 32.5 Å². The fourth-order valence-corrected chi connectivity index (χ4v) is 3.75. The molecule has 0 saturated carbocycles. The molecular weight excluding hydrogens is 374 g/mol. The third-order valence-electron chi connectivity index (χ3n) is 4.02. The lowest BCUT2D eigenvalue weighted by Crippen LogP contribution is -2.49. The van der Waals surface area contributed by atoms with E-state index in [1.54, 1.807) is 24.3 Å². The van der Waals surface area contributed by atoms with Crippen LogP contribution < -0.4 is 0 Å². The van der Waals surface area contributed by atoms with Crippen molar-refractivity contribution in [2.45, 2.75) is 9.79 Å². The summed E-state index contributed by atoms with van der Waals surface area (Å²) >= 11 is 1.22. The maximum atomic E-state index is 9.96. The predicted octanol–water partition coefficient (Wildman–Crippen LogP) is 2.56. The van der Waals surface area contributed by atoms with Crippen LogP contribution in [0.2, 0.25) is 0 Å². The monoisotopic (exact) mass is 407 g/mol. The van der Waals surface area contributed by atoms with Crippen molar-refractivity contribution in [1.82, 2.24) is 9.80 Å². The zero-order chi connectivity index (χ0) is 26.5. The Balaban J connectivity index is 1.90. The van der Waals surface area contributed by atoms with Gasteiger partial charge in [-0.15, -0.1) is 0 Å². The van der Waals surface area contributed by atoms with E-state index in [1.807, 2.05) is 0 Å². The summed E-state index contributed by atoms with van der Waals surface area (Å²) in [7, 11) is 0. The molecule has 2 N–H and O–H groups in total. The van der Waals surface area contributed by atoms with Crippen LogP contribution in [0.25, 0.3) is 0 Å². The molecule has 2 aliphatic heterocycles. The van der Waals surface area contributed by atoms with Crippen LogP contribution in [0.3, 0.4) is 0 Å². The normalized spacial score (nSPS) is 28.3. The first-order valence-corrected chi connectivity index (χ1v) is 9.54. The number of rotatable bonds is 5. The summed E-state index contributed by atoms with van der Waals surface area (Å²) < 4.78 is 74.8. The first-order chi connectivity index (χ1) is 16.8. The fourth-order valence-electron chi connectivity index (χ4n) is 2.70. The molecule has 6 nitrogen and oxygen atoms in total. The fraction of sp³-hybridized carbons (Fsp3) is 0.381. The van der Waals surface area contributed by atoms with Crippen molar-refractivity contribution in [2.24, 2.45) is 4.99 Å². The third-order valence-corrected chi connectivity index (χ3v) is 5.14. The first-order valence-electron chi connectivity index (χ1n) is 12.7. The SMILES string of the molecule is [2H]C1([2H])N(CCOCCO)C([2H])([2H])C([2H])([2H])N(C2=Nc3ccc(O)cc3Sc3ccccc32)C1([2H])[2H]. The van der Waals surface area contributed by atoms with Crippen molar-refractivity contribution >= 4 is 23.3 Å². The van der Waals surface area contributed by atoms with E-state index in [2.05, 4.69) is 4.99 Å². The first kappa shape index (κ1) is 11.8. The molecule has 0 atom stereocenters. The number of hydrogen-bond donors (Lipinski definition) is 2. The molecule has 2 aromatic carbocycles. The van der Waals surface area contributed by atoms with Gasteiger partial charge in [0, 0.05) is 53.4 Å². The molecule has 2 aliphatic rings. The van der Waals surface area contributed by atoms with Gasteiger partial charge in [0.2, 0.25) is 0 Å². The molecule has 4 rings (SSSR count). The second-order valence-electron chi connectivity index (χ2n) is 5.96. The van der Waals surface area contributed by atoms with Crippen LogP contribution in [0.1, 0.15) is 16.5 Å². The Kier molecular flexibility index (Phi) is 3.78. The van der Waals surface area contributed by atoms with E-state index in [0.717, 1.165) is 0 Å². The van der Waals surface area contributed by atoms with Gasteiger partial charge in [0.1, 0.15) is 11.6 Å². The van der Waals surface area contributed by atoms with E-state index in [4.69, 9.17) is 20.8 Å². The van der Waals surface area contributed by atoms with Crippen molar-refractivity contribution in [3.63, 3.8) is 0 Å². The number of benzene rings is 2. The standard InChI is InChI=1S/C21H25N3O3S/c25-12-14-27-13-11-23-7-9-24(10-8-23)21-17-3-1-2-4-19(17)28-20-15-16(26)5-6-18(20)22-21/h1-6,15,25-26H,7-14H2/i7D2,8D2,9D2,10D2. The molecule has 0 spiro atoms. The smallest absolute Gasteiger partial charge is 0.137 e. The highest BCUT2D eigenvalue weighted by atomic mass is 32.2. The van der Waals surface area contributed by atoms with E-state index >= 15 is 0 Å². The summed E-state index contributed by atoms with van der Waals surface area (Å²) in [4.78, 5) is 6.51. The topological polar surface area (TPSA) is 68.5 Å². The minimum absolute atomic E-state index is 0.0206. The maximum absolute atomic E-state index is 9.96. The summed E-state index contributed by atoms with van der Waals surface area (Å²) in [5.41, 5.74) is 0.578. The van der Waals surface area contributed by atoms with Crippen LogP contribution >= 0.6 is 11.8 Å². The number of nitrogens with zero attached hydrogens (tertiary/aromatic N) is 3. The number of piperazine rings is 1. The number of amidine groups is 1. The Morgan fingerprint density at radius 1 is 1.07 bits per heavy atom. The molecule has 0 bridgehead atoms. The molecule has 7 heteroatoms. The second-order valence-corrected chi connectivity index (χ2v) is 7.04. The number of phenolic OH excluding ortho intramolecular Hbond substituents is 1. The number of aromatic hydroxyl groups is 1. The second kappa shape index (κ2) is 8.96. The van der Waals surface area contributed by atoms with Gasteiger partial charge in [-0.1, -0.05) is 30.0 Å². The summed E-state index contributed by atoms with van der Waals surface area (Å²) in [6, 6.07) is 11.0. The quantitative estimate of drug-likeness (QED) is 0.743. The van der Waals surface area contributed by atoms with Gasteiger partial charge in [0.15, 0.2) is 0 Å². The zero-order valence-electron chi connectivity index (χ0n) is 22.9. The summed E-state index contributed by atoms with van der Waals surface area (Å²) in [5.74, 6) is -0.297. The molecule has 1 saturated heterocycles. The number of aliphatic imine (C=N–C) groups is 1. The van der Waals surface area contributed by atoms with Gasteiger partial charge < -0.3 is 19.8 Å². The van der Waals surface area contributed by atoms with Crippen LogP contribution in [0.5, 0.6) is 5.75 Å². The molecule has 0 amide bonds. The molecule has 0 unspecified atom stereocenters. The van der Waals surface area contributed by atoms with Crippen LogP contribution in [0, 0.1) is 0 Å². The number of aliphatic hydroxyl groups excluding tert-OH is 1. The van der Waals surface area contributed by atoms with Crippen molar-refractivity contribution in [3.8, 4) is 5.75 Å². The highest BCUT2D eigenvalue weighted by Gasteiger charge is 2.25. The van der Waals surface area contributed by atoms with Gasteiger partial charge in [-0.3, -0.25) is 4.90 Å².